The Balaban J connectivity index is 0.00000264. The van der Waals surface area contributed by atoms with Crippen molar-refractivity contribution < 1.29 is 19.4 Å². The first-order chi connectivity index (χ1) is 10.5. The number of amides is 1. The van der Waals surface area contributed by atoms with Gasteiger partial charge in [-0.25, -0.2) is 0 Å². The lowest BCUT2D eigenvalue weighted by atomic mass is 10.2. The number of methoxy groups -OCH3 is 1. The predicted octanol–water partition coefficient (Wildman–Crippen LogP) is 1.62. The van der Waals surface area contributed by atoms with Crippen LogP contribution in [0.3, 0.4) is 0 Å². The number of likely N-dealkylation sites (tertiary alicyclic amines) is 1. The molecule has 2 rings (SSSR count). The maximum absolute atomic E-state index is 12.3. The molecule has 1 aliphatic rings. The Bertz CT molecular complexity index is 553. The van der Waals surface area contributed by atoms with Crippen LogP contribution in [0.4, 0.5) is 0 Å². The van der Waals surface area contributed by atoms with Gasteiger partial charge in [0, 0.05) is 19.2 Å². The number of aliphatic carboxylic acids is 1. The molecule has 1 N–H and O–H groups in total. The summed E-state index contributed by atoms with van der Waals surface area (Å²) < 4.78 is 5.28. The number of carboxylic acid groups (broad SMARTS) is 1. The molecule has 0 aromatic heterocycles. The molecule has 128 valence electrons. The topological polar surface area (TPSA) is 70.1 Å². The highest BCUT2D eigenvalue weighted by molar-refractivity contribution is 5.85. The molecule has 6 nitrogen and oxygen atoms in total. The zero-order valence-corrected chi connectivity index (χ0v) is 14.2. The van der Waals surface area contributed by atoms with Crippen LogP contribution >= 0.6 is 12.4 Å². The van der Waals surface area contributed by atoms with Crippen molar-refractivity contribution in [2.45, 2.75) is 25.4 Å². The Morgan fingerprint density at radius 2 is 2.09 bits per heavy atom. The van der Waals surface area contributed by atoms with Crippen LogP contribution in [-0.4, -0.2) is 60.1 Å². The standard InChI is InChI=1S/C16H22N2O4.ClH/c1-17(10-12-6-3-4-8-14(12)22-2)15(19)11-18-9-5-7-13(18)16(20)21;/h3-4,6,8,13H,5,7,9-11H2,1-2H3,(H,20,21);1H/t13-;/m1./s1. The van der Waals surface area contributed by atoms with Gasteiger partial charge in [-0.15, -0.1) is 12.4 Å². The Morgan fingerprint density at radius 1 is 1.39 bits per heavy atom. The molecule has 0 unspecified atom stereocenters. The van der Waals surface area contributed by atoms with E-state index in [4.69, 9.17) is 9.84 Å². The van der Waals surface area contributed by atoms with Crippen molar-refractivity contribution in [3.05, 3.63) is 29.8 Å². The maximum Gasteiger partial charge on any atom is 0.320 e. The molecule has 1 fully saturated rings. The molecule has 7 heteroatoms. The summed E-state index contributed by atoms with van der Waals surface area (Å²) in [5.74, 6) is -0.191. The summed E-state index contributed by atoms with van der Waals surface area (Å²) in [6.45, 7) is 1.24. The van der Waals surface area contributed by atoms with Crippen LogP contribution in [0, 0.1) is 0 Å². The van der Waals surface area contributed by atoms with Crippen molar-refractivity contribution in [2.24, 2.45) is 0 Å². The average molecular weight is 343 g/mol. The van der Waals surface area contributed by atoms with Crippen molar-refractivity contribution in [3.63, 3.8) is 0 Å². The number of hydrogen-bond donors (Lipinski definition) is 1. The first-order valence-electron chi connectivity index (χ1n) is 7.35. The second-order valence-electron chi connectivity index (χ2n) is 5.53. The molecule has 0 spiro atoms. The molecule has 23 heavy (non-hydrogen) atoms. The minimum atomic E-state index is -0.849. The van der Waals surface area contributed by atoms with E-state index in [2.05, 4.69) is 0 Å². The Morgan fingerprint density at radius 3 is 2.74 bits per heavy atom. The maximum atomic E-state index is 12.3. The molecule has 1 atom stereocenters. The van der Waals surface area contributed by atoms with Gasteiger partial charge >= 0.3 is 5.97 Å². The third-order valence-electron chi connectivity index (χ3n) is 4.01. The largest absolute Gasteiger partial charge is 0.496 e. The fourth-order valence-electron chi connectivity index (χ4n) is 2.77. The smallest absolute Gasteiger partial charge is 0.320 e. The van der Waals surface area contributed by atoms with Crippen LogP contribution < -0.4 is 4.74 Å². The molecule has 0 radical (unpaired) electrons. The van der Waals surface area contributed by atoms with Gasteiger partial charge in [-0.1, -0.05) is 18.2 Å². The van der Waals surface area contributed by atoms with Crippen molar-refractivity contribution in [2.75, 3.05) is 27.2 Å². The summed E-state index contributed by atoms with van der Waals surface area (Å²) in [5.41, 5.74) is 0.928. The minimum Gasteiger partial charge on any atom is -0.496 e. The SMILES string of the molecule is COc1ccccc1CN(C)C(=O)CN1CCC[C@@H]1C(=O)O.Cl. The van der Waals surface area contributed by atoms with E-state index in [1.54, 1.807) is 24.0 Å². The number of carboxylic acids is 1. The third-order valence-corrected chi connectivity index (χ3v) is 4.01. The van der Waals surface area contributed by atoms with Crippen LogP contribution in [0.1, 0.15) is 18.4 Å². The van der Waals surface area contributed by atoms with Gasteiger partial charge in [0.05, 0.1) is 13.7 Å². The number of benzene rings is 1. The predicted molar refractivity (Wildman–Crippen MR) is 88.9 cm³/mol. The molecule has 1 aromatic carbocycles. The number of rotatable bonds is 6. The van der Waals surface area contributed by atoms with Gasteiger partial charge in [-0.2, -0.15) is 0 Å². The van der Waals surface area contributed by atoms with Crippen LogP contribution in [0.25, 0.3) is 0 Å². The lowest BCUT2D eigenvalue weighted by molar-refractivity contribution is -0.143. The third kappa shape index (κ3) is 4.84. The van der Waals surface area contributed by atoms with Crippen LogP contribution in [0.15, 0.2) is 24.3 Å². The van der Waals surface area contributed by atoms with Gasteiger partial charge in [-0.05, 0) is 25.5 Å². The summed E-state index contributed by atoms with van der Waals surface area (Å²) in [6, 6.07) is 7.01. The Hall–Kier alpha value is -1.79. The van der Waals surface area contributed by atoms with Crippen LogP contribution in [-0.2, 0) is 16.1 Å². The lowest BCUT2D eigenvalue weighted by Gasteiger charge is -2.24. The number of para-hydroxylation sites is 1. The fourth-order valence-corrected chi connectivity index (χ4v) is 2.77. The van der Waals surface area contributed by atoms with Gasteiger partial charge in [0.2, 0.25) is 5.91 Å². The number of halogens is 1. The average Bonchev–Trinajstić information content (AvgIpc) is 2.96. The van der Waals surface area contributed by atoms with Crippen molar-refractivity contribution in [1.29, 1.82) is 0 Å². The zero-order chi connectivity index (χ0) is 16.1. The number of carbonyl (C=O) groups is 2. The number of nitrogens with zero attached hydrogens (tertiary/aromatic N) is 2. The zero-order valence-electron chi connectivity index (χ0n) is 13.4. The summed E-state index contributed by atoms with van der Waals surface area (Å²) in [5, 5.41) is 9.16. The van der Waals surface area contributed by atoms with E-state index in [9.17, 15) is 9.59 Å². The summed E-state index contributed by atoms with van der Waals surface area (Å²) >= 11 is 0. The monoisotopic (exact) mass is 342 g/mol. The molecule has 1 aliphatic heterocycles. The number of carbonyl (C=O) groups excluding carboxylic acids is 1. The van der Waals surface area contributed by atoms with E-state index < -0.39 is 12.0 Å². The highest BCUT2D eigenvalue weighted by atomic mass is 35.5. The normalized spacial score (nSPS) is 17.4. The second-order valence-corrected chi connectivity index (χ2v) is 5.53. The van der Waals surface area contributed by atoms with Crippen molar-refractivity contribution in [3.8, 4) is 5.75 Å². The van der Waals surface area contributed by atoms with Crippen molar-refractivity contribution >= 4 is 24.3 Å². The molecular weight excluding hydrogens is 320 g/mol. The Labute approximate surface area is 142 Å². The molecule has 1 amide bonds. The molecule has 1 heterocycles. The minimum absolute atomic E-state index is 0. The highest BCUT2D eigenvalue weighted by Gasteiger charge is 2.32. The van der Waals surface area contributed by atoms with Crippen LogP contribution in [0.2, 0.25) is 0 Å². The highest BCUT2D eigenvalue weighted by Crippen LogP contribution is 2.20. The molecule has 1 aromatic rings. The van der Waals surface area contributed by atoms with Crippen molar-refractivity contribution in [1.82, 2.24) is 9.80 Å². The molecule has 0 aliphatic carbocycles. The van der Waals surface area contributed by atoms with E-state index in [0.717, 1.165) is 17.7 Å². The summed E-state index contributed by atoms with van der Waals surface area (Å²) in [7, 11) is 3.32. The molecule has 0 bridgehead atoms. The van der Waals surface area contributed by atoms with E-state index in [0.29, 0.717) is 19.5 Å². The fraction of sp³-hybridized carbons (Fsp3) is 0.500. The van der Waals surface area contributed by atoms with E-state index in [-0.39, 0.29) is 24.9 Å². The number of likely N-dealkylation sites (N-methyl/N-ethyl adjacent to an activating group) is 1. The number of hydrogen-bond acceptors (Lipinski definition) is 4. The van der Waals surface area contributed by atoms with Gasteiger partial charge in [0.25, 0.3) is 0 Å². The van der Waals surface area contributed by atoms with E-state index in [1.807, 2.05) is 24.3 Å². The lowest BCUT2D eigenvalue weighted by Crippen LogP contribution is -2.43. The molecule has 1 saturated heterocycles. The summed E-state index contributed by atoms with van der Waals surface area (Å²) in [6.07, 6.45) is 1.43. The van der Waals surface area contributed by atoms with Crippen LogP contribution in [0.5, 0.6) is 5.75 Å². The summed E-state index contributed by atoms with van der Waals surface area (Å²) in [4.78, 5) is 26.8. The van der Waals surface area contributed by atoms with Gasteiger partial charge < -0.3 is 14.7 Å². The first kappa shape index (κ1) is 19.3. The quantitative estimate of drug-likeness (QED) is 0.850. The Kier molecular flexibility index (Phi) is 7.32. The molecular formula is C16H23ClN2O4. The van der Waals surface area contributed by atoms with Gasteiger partial charge in [0.15, 0.2) is 0 Å². The van der Waals surface area contributed by atoms with E-state index >= 15 is 0 Å². The van der Waals surface area contributed by atoms with E-state index in [1.165, 1.54) is 0 Å². The van der Waals surface area contributed by atoms with Gasteiger partial charge in [0.1, 0.15) is 11.8 Å². The first-order valence-corrected chi connectivity index (χ1v) is 7.35. The van der Waals surface area contributed by atoms with Gasteiger partial charge in [-0.3, -0.25) is 14.5 Å². The second kappa shape index (κ2) is 8.74. The number of ether oxygens (including phenoxy) is 1. The molecule has 0 saturated carbocycles.